The van der Waals surface area contributed by atoms with Gasteiger partial charge < -0.3 is 15.2 Å². The van der Waals surface area contributed by atoms with E-state index in [1.165, 1.54) is 31.0 Å². The summed E-state index contributed by atoms with van der Waals surface area (Å²) < 4.78 is 5.05. The molecule has 0 aliphatic carbocycles. The smallest absolute Gasteiger partial charge is 0.335 e. The second kappa shape index (κ2) is 9.48. The van der Waals surface area contributed by atoms with Crippen LogP contribution in [0, 0.1) is 13.8 Å². The fraction of sp³-hybridized carbons (Fsp3) is 0.368. The summed E-state index contributed by atoms with van der Waals surface area (Å²) in [6.07, 6.45) is 2.69. The molecular weight excluding hydrogens is 366 g/mol. The Bertz CT molecular complexity index is 832. The Labute approximate surface area is 162 Å². The number of carboxylic acid groups (broad SMARTS) is 1. The zero-order valence-electron chi connectivity index (χ0n) is 15.8. The Morgan fingerprint density at radius 3 is 2.41 bits per heavy atom. The van der Waals surface area contributed by atoms with E-state index in [4.69, 9.17) is 4.74 Å². The van der Waals surface area contributed by atoms with Crippen LogP contribution in [0.4, 0.5) is 5.69 Å². The minimum Gasteiger partial charge on any atom is -0.478 e. The van der Waals surface area contributed by atoms with Gasteiger partial charge in [-0.25, -0.2) is 14.8 Å². The highest BCUT2D eigenvalue weighted by Crippen LogP contribution is 2.19. The monoisotopic (exact) mass is 389 g/mol. The number of nitrogens with one attached hydrogen (secondary N) is 1. The zero-order chi connectivity index (χ0) is 20.0. The first kappa shape index (κ1) is 20.9. The Kier molecular flexibility index (Phi) is 7.32. The highest BCUT2D eigenvalue weighted by molar-refractivity contribution is 7.98. The highest BCUT2D eigenvalue weighted by Gasteiger charge is 2.12. The number of ether oxygens (including phenoxy) is 1. The first-order valence-corrected chi connectivity index (χ1v) is 9.60. The van der Waals surface area contributed by atoms with Gasteiger partial charge in [-0.05, 0) is 55.9 Å². The van der Waals surface area contributed by atoms with E-state index in [9.17, 15) is 14.7 Å². The standard InChI is InChI=1S/C19H23N3O4S/c1-11-16(12(2)21-19(20-11)27-4)5-6-17(23)22-15-8-13(10-26-3)7-14(9-15)18(24)25/h7-9H,5-6,10H2,1-4H3,(H,22,23)(H,24,25). The Morgan fingerprint density at radius 1 is 1.19 bits per heavy atom. The van der Waals surface area contributed by atoms with E-state index in [2.05, 4.69) is 15.3 Å². The quantitative estimate of drug-likeness (QED) is 0.528. The number of aryl methyl sites for hydroxylation is 2. The van der Waals surface area contributed by atoms with E-state index in [1.807, 2.05) is 20.1 Å². The van der Waals surface area contributed by atoms with Crippen molar-refractivity contribution in [2.24, 2.45) is 0 Å². The summed E-state index contributed by atoms with van der Waals surface area (Å²) in [5.41, 5.74) is 3.93. The number of nitrogens with zero attached hydrogens (tertiary/aromatic N) is 2. The molecule has 144 valence electrons. The van der Waals surface area contributed by atoms with Crippen molar-refractivity contribution < 1.29 is 19.4 Å². The average molecular weight is 389 g/mol. The Balaban J connectivity index is 2.09. The number of carbonyl (C=O) groups is 2. The topological polar surface area (TPSA) is 101 Å². The third kappa shape index (κ3) is 5.77. The number of benzene rings is 1. The molecule has 0 unspecified atom stereocenters. The van der Waals surface area contributed by atoms with Gasteiger partial charge in [-0.2, -0.15) is 0 Å². The molecule has 0 spiro atoms. The van der Waals surface area contributed by atoms with E-state index in [-0.39, 0.29) is 24.5 Å². The largest absolute Gasteiger partial charge is 0.478 e. The molecule has 0 saturated heterocycles. The molecule has 7 nitrogen and oxygen atoms in total. The number of rotatable bonds is 8. The average Bonchev–Trinajstić information content (AvgIpc) is 2.60. The van der Waals surface area contributed by atoms with Crippen LogP contribution in [-0.2, 0) is 22.6 Å². The van der Waals surface area contributed by atoms with E-state index < -0.39 is 5.97 Å². The molecule has 0 saturated carbocycles. The summed E-state index contributed by atoms with van der Waals surface area (Å²) in [7, 11) is 1.53. The fourth-order valence-corrected chi connectivity index (χ4v) is 3.22. The van der Waals surface area contributed by atoms with Crippen molar-refractivity contribution in [3.63, 3.8) is 0 Å². The molecule has 0 atom stereocenters. The summed E-state index contributed by atoms with van der Waals surface area (Å²) in [5.74, 6) is -1.26. The highest BCUT2D eigenvalue weighted by atomic mass is 32.2. The fourth-order valence-electron chi connectivity index (χ4n) is 2.76. The van der Waals surface area contributed by atoms with Crippen LogP contribution >= 0.6 is 11.8 Å². The van der Waals surface area contributed by atoms with Crippen molar-refractivity contribution in [3.8, 4) is 0 Å². The molecule has 0 bridgehead atoms. The molecule has 0 fully saturated rings. The maximum absolute atomic E-state index is 12.3. The van der Waals surface area contributed by atoms with Gasteiger partial charge in [0.05, 0.1) is 12.2 Å². The molecule has 27 heavy (non-hydrogen) atoms. The van der Waals surface area contributed by atoms with Crippen molar-refractivity contribution in [1.82, 2.24) is 9.97 Å². The van der Waals surface area contributed by atoms with Gasteiger partial charge in [-0.3, -0.25) is 4.79 Å². The van der Waals surface area contributed by atoms with Gasteiger partial charge in [-0.15, -0.1) is 0 Å². The number of anilines is 1. The lowest BCUT2D eigenvalue weighted by Gasteiger charge is -2.11. The van der Waals surface area contributed by atoms with Gasteiger partial charge >= 0.3 is 5.97 Å². The maximum Gasteiger partial charge on any atom is 0.335 e. The number of carbonyl (C=O) groups excluding carboxylic acids is 1. The number of hydrogen-bond donors (Lipinski definition) is 2. The van der Waals surface area contributed by atoms with Crippen molar-refractivity contribution in [1.29, 1.82) is 0 Å². The number of thioether (sulfide) groups is 1. The second-order valence-corrected chi connectivity index (χ2v) is 6.84. The van der Waals surface area contributed by atoms with Crippen LogP contribution in [0.3, 0.4) is 0 Å². The number of amides is 1. The van der Waals surface area contributed by atoms with Crippen molar-refractivity contribution in [3.05, 3.63) is 46.3 Å². The summed E-state index contributed by atoms with van der Waals surface area (Å²) >= 11 is 1.48. The normalized spacial score (nSPS) is 10.7. The molecule has 0 aliphatic heterocycles. The van der Waals surface area contributed by atoms with E-state index >= 15 is 0 Å². The lowest BCUT2D eigenvalue weighted by molar-refractivity contribution is -0.116. The van der Waals surface area contributed by atoms with Gasteiger partial charge in [0, 0.05) is 30.6 Å². The summed E-state index contributed by atoms with van der Waals surface area (Å²) in [6, 6.07) is 4.67. The predicted molar refractivity (Wildman–Crippen MR) is 104 cm³/mol. The van der Waals surface area contributed by atoms with Crippen LogP contribution in [-0.4, -0.2) is 40.3 Å². The molecule has 0 radical (unpaired) electrons. The van der Waals surface area contributed by atoms with E-state index in [1.54, 1.807) is 6.07 Å². The van der Waals surface area contributed by atoms with Gasteiger partial charge in [0.2, 0.25) is 5.91 Å². The number of carboxylic acids is 1. The third-order valence-electron chi connectivity index (χ3n) is 4.02. The first-order valence-electron chi connectivity index (χ1n) is 8.38. The molecule has 1 heterocycles. The third-order valence-corrected chi connectivity index (χ3v) is 4.57. The van der Waals surface area contributed by atoms with Crippen LogP contribution in [0.5, 0.6) is 0 Å². The van der Waals surface area contributed by atoms with E-state index in [0.717, 1.165) is 17.0 Å². The Hall–Kier alpha value is -2.45. The molecule has 2 rings (SSSR count). The predicted octanol–water partition coefficient (Wildman–Crippen LogP) is 3.23. The zero-order valence-corrected chi connectivity index (χ0v) is 16.6. The summed E-state index contributed by atoms with van der Waals surface area (Å²) in [6.45, 7) is 4.09. The number of aromatic carboxylic acids is 1. The van der Waals surface area contributed by atoms with Crippen molar-refractivity contribution in [2.45, 2.75) is 38.5 Å². The number of methoxy groups -OCH3 is 1. The number of hydrogen-bond acceptors (Lipinski definition) is 6. The van der Waals surface area contributed by atoms with Gasteiger partial charge in [0.25, 0.3) is 0 Å². The SMILES string of the molecule is COCc1cc(NC(=O)CCc2c(C)nc(SC)nc2C)cc(C(=O)O)c1. The molecule has 1 aromatic carbocycles. The molecule has 8 heteroatoms. The molecule has 1 aromatic heterocycles. The van der Waals surface area contributed by atoms with Crippen LogP contribution in [0.25, 0.3) is 0 Å². The lowest BCUT2D eigenvalue weighted by atomic mass is 10.1. The van der Waals surface area contributed by atoms with Gasteiger partial charge in [0.1, 0.15) is 0 Å². The maximum atomic E-state index is 12.3. The molecule has 1 amide bonds. The van der Waals surface area contributed by atoms with Gasteiger partial charge in [0.15, 0.2) is 5.16 Å². The minimum absolute atomic E-state index is 0.104. The molecule has 0 aliphatic rings. The van der Waals surface area contributed by atoms with Crippen molar-refractivity contribution in [2.75, 3.05) is 18.7 Å². The minimum atomic E-state index is -1.05. The van der Waals surface area contributed by atoms with Crippen LogP contribution < -0.4 is 5.32 Å². The second-order valence-electron chi connectivity index (χ2n) is 6.06. The summed E-state index contributed by atoms with van der Waals surface area (Å²) in [5, 5.41) is 12.7. The van der Waals surface area contributed by atoms with Crippen LogP contribution in [0.2, 0.25) is 0 Å². The number of aromatic nitrogens is 2. The first-order chi connectivity index (χ1) is 12.8. The van der Waals surface area contributed by atoms with Gasteiger partial charge in [-0.1, -0.05) is 11.8 Å². The van der Waals surface area contributed by atoms with E-state index in [0.29, 0.717) is 22.8 Å². The van der Waals surface area contributed by atoms with Crippen LogP contribution in [0.15, 0.2) is 23.4 Å². The van der Waals surface area contributed by atoms with Crippen LogP contribution in [0.1, 0.15) is 39.3 Å². The lowest BCUT2D eigenvalue weighted by Crippen LogP contribution is -2.14. The Morgan fingerprint density at radius 2 is 1.85 bits per heavy atom. The molecule has 2 N–H and O–H groups in total. The summed E-state index contributed by atoms with van der Waals surface area (Å²) in [4.78, 5) is 32.4. The molecular formula is C19H23N3O4S. The molecule has 2 aromatic rings. The van der Waals surface area contributed by atoms with Crippen molar-refractivity contribution >= 4 is 29.3 Å².